The molecule has 8 heteroatoms. The van der Waals surface area contributed by atoms with Crippen LogP contribution in [0.2, 0.25) is 0 Å². The van der Waals surface area contributed by atoms with Gasteiger partial charge in [0.25, 0.3) is 5.91 Å². The van der Waals surface area contributed by atoms with Crippen molar-refractivity contribution < 1.29 is 27.8 Å². The number of hydrogen-bond acceptors (Lipinski definition) is 3. The number of amides is 1. The minimum absolute atomic E-state index is 0.154. The van der Waals surface area contributed by atoms with Gasteiger partial charge in [-0.25, -0.2) is 4.85 Å². The first-order valence-corrected chi connectivity index (χ1v) is 8.12. The Morgan fingerprint density at radius 1 is 1.38 bits per heavy atom. The lowest BCUT2D eigenvalue weighted by Gasteiger charge is -2.32. The number of halogens is 3. The maximum Gasteiger partial charge on any atom is 0.407 e. The molecule has 2 N–H and O–H groups in total. The Bertz CT molecular complexity index is 681. The fourth-order valence-electron chi connectivity index (χ4n) is 2.12. The lowest BCUT2D eigenvalue weighted by molar-refractivity contribution is -0.137. The monoisotopic (exact) mass is 372 g/mol. The Hall–Kier alpha value is -2.27. The third kappa shape index (κ3) is 5.36. The third-order valence-electron chi connectivity index (χ3n) is 4.00. The Kier molecular flexibility index (Phi) is 7.04. The zero-order chi connectivity index (χ0) is 20.1. The SMILES string of the molecule is [C-]#[N+]c1ccc(OC(C(=O)N[C@@H](C)CC)C(C)(C)CO)cc1C(F)(F)F. The summed E-state index contributed by atoms with van der Waals surface area (Å²) in [6.07, 6.45) is -5.27. The molecule has 5 nitrogen and oxygen atoms in total. The molecule has 0 spiro atoms. The largest absolute Gasteiger partial charge is 0.480 e. The summed E-state index contributed by atoms with van der Waals surface area (Å²) in [7, 11) is 0. The summed E-state index contributed by atoms with van der Waals surface area (Å²) < 4.78 is 44.9. The zero-order valence-corrected chi connectivity index (χ0v) is 15.1. The summed E-state index contributed by atoms with van der Waals surface area (Å²) in [4.78, 5) is 15.4. The minimum Gasteiger partial charge on any atom is -0.480 e. The highest BCUT2D eigenvalue weighted by Gasteiger charge is 2.38. The zero-order valence-electron chi connectivity index (χ0n) is 15.1. The van der Waals surface area contributed by atoms with Gasteiger partial charge in [0.1, 0.15) is 5.75 Å². The molecule has 144 valence electrons. The fraction of sp³-hybridized carbons (Fsp3) is 0.556. The number of rotatable bonds is 7. The maximum atomic E-state index is 13.1. The summed E-state index contributed by atoms with van der Waals surface area (Å²) in [5.74, 6) is -0.725. The first kappa shape index (κ1) is 21.8. The van der Waals surface area contributed by atoms with Gasteiger partial charge < -0.3 is 15.2 Å². The summed E-state index contributed by atoms with van der Waals surface area (Å²) in [6.45, 7) is 13.3. The van der Waals surface area contributed by atoms with Crippen molar-refractivity contribution in [1.29, 1.82) is 0 Å². The van der Waals surface area contributed by atoms with Gasteiger partial charge in [-0.2, -0.15) is 13.2 Å². The molecule has 0 bridgehead atoms. The van der Waals surface area contributed by atoms with E-state index in [0.29, 0.717) is 12.5 Å². The topological polar surface area (TPSA) is 62.9 Å². The molecule has 0 aromatic heterocycles. The van der Waals surface area contributed by atoms with Crippen LogP contribution in [0.3, 0.4) is 0 Å². The second-order valence-corrected chi connectivity index (χ2v) is 6.75. The number of alkyl halides is 3. The van der Waals surface area contributed by atoms with E-state index >= 15 is 0 Å². The fourth-order valence-corrected chi connectivity index (χ4v) is 2.12. The van der Waals surface area contributed by atoms with Crippen molar-refractivity contribution in [3.63, 3.8) is 0 Å². The highest BCUT2D eigenvalue weighted by atomic mass is 19.4. The second-order valence-electron chi connectivity index (χ2n) is 6.75. The first-order chi connectivity index (χ1) is 12.0. The number of aliphatic hydroxyl groups is 1. The smallest absolute Gasteiger partial charge is 0.407 e. The molecule has 0 aliphatic heterocycles. The molecular formula is C18H23F3N2O3. The van der Waals surface area contributed by atoms with E-state index in [-0.39, 0.29) is 11.8 Å². The lowest BCUT2D eigenvalue weighted by atomic mass is 9.86. The van der Waals surface area contributed by atoms with Crippen LogP contribution in [0.4, 0.5) is 18.9 Å². The predicted octanol–water partition coefficient (Wildman–Crippen LogP) is 3.94. The molecule has 1 unspecified atom stereocenters. The number of hydrogen-bond donors (Lipinski definition) is 2. The molecule has 0 radical (unpaired) electrons. The van der Waals surface area contributed by atoms with Gasteiger partial charge in [-0.05, 0) is 25.5 Å². The maximum absolute atomic E-state index is 13.1. The molecule has 0 aliphatic carbocycles. The van der Waals surface area contributed by atoms with E-state index in [1.165, 1.54) is 6.07 Å². The Morgan fingerprint density at radius 3 is 2.46 bits per heavy atom. The summed E-state index contributed by atoms with van der Waals surface area (Å²) in [5.41, 5.74) is -2.71. The van der Waals surface area contributed by atoms with Crippen LogP contribution in [0.1, 0.15) is 39.7 Å². The van der Waals surface area contributed by atoms with E-state index in [1.54, 1.807) is 20.8 Å². The number of ether oxygens (including phenoxy) is 1. The van der Waals surface area contributed by atoms with Crippen LogP contribution in [-0.4, -0.2) is 29.8 Å². The molecule has 0 saturated heterocycles. The van der Waals surface area contributed by atoms with E-state index in [2.05, 4.69) is 10.2 Å². The molecule has 26 heavy (non-hydrogen) atoms. The van der Waals surface area contributed by atoms with E-state index in [0.717, 1.165) is 6.07 Å². The first-order valence-electron chi connectivity index (χ1n) is 8.12. The normalized spacial score (nSPS) is 14.3. The Labute approximate surface area is 151 Å². The van der Waals surface area contributed by atoms with Crippen molar-refractivity contribution in [2.24, 2.45) is 5.41 Å². The van der Waals surface area contributed by atoms with Gasteiger partial charge in [0, 0.05) is 11.5 Å². The Morgan fingerprint density at radius 2 is 2.00 bits per heavy atom. The van der Waals surface area contributed by atoms with E-state index in [4.69, 9.17) is 11.3 Å². The molecule has 0 aliphatic rings. The highest BCUT2D eigenvalue weighted by Crippen LogP contribution is 2.39. The molecule has 2 atom stereocenters. The summed E-state index contributed by atoms with van der Waals surface area (Å²) in [5, 5.41) is 12.3. The van der Waals surface area contributed by atoms with Crippen LogP contribution >= 0.6 is 0 Å². The van der Waals surface area contributed by atoms with Crippen LogP contribution < -0.4 is 10.1 Å². The van der Waals surface area contributed by atoms with E-state index in [1.807, 2.05) is 6.92 Å². The lowest BCUT2D eigenvalue weighted by Crippen LogP contribution is -2.51. The molecular weight excluding hydrogens is 349 g/mol. The second kappa shape index (κ2) is 8.41. The average molecular weight is 372 g/mol. The van der Waals surface area contributed by atoms with Crippen molar-refractivity contribution in [1.82, 2.24) is 5.32 Å². The van der Waals surface area contributed by atoms with Gasteiger partial charge in [-0.15, -0.1) is 0 Å². The Balaban J connectivity index is 3.24. The standard InChI is InChI=1S/C18H23F3N2O3/c1-6-11(2)23-16(25)15(17(3,4)10-24)26-12-7-8-14(22-5)13(9-12)18(19,20)21/h7-9,11,15,24H,6,10H2,1-4H3,(H,23,25)/t11-,15?/m0/s1. The van der Waals surface area contributed by atoms with Crippen molar-refractivity contribution in [3.05, 3.63) is 35.2 Å². The number of nitrogens with zero attached hydrogens (tertiary/aromatic N) is 1. The quantitative estimate of drug-likeness (QED) is 0.713. The molecule has 1 aromatic carbocycles. The number of carbonyl (C=O) groups excluding carboxylic acids is 1. The third-order valence-corrected chi connectivity index (χ3v) is 4.00. The van der Waals surface area contributed by atoms with Gasteiger partial charge in [-0.3, -0.25) is 4.79 Å². The molecule has 0 heterocycles. The molecule has 1 rings (SSSR count). The highest BCUT2D eigenvalue weighted by molar-refractivity contribution is 5.82. The number of nitrogens with one attached hydrogen (secondary N) is 1. The number of benzene rings is 1. The van der Waals surface area contributed by atoms with Crippen LogP contribution in [0.15, 0.2) is 18.2 Å². The molecule has 1 aromatic rings. The van der Waals surface area contributed by atoms with Gasteiger partial charge >= 0.3 is 6.18 Å². The van der Waals surface area contributed by atoms with Gasteiger partial charge in [0.15, 0.2) is 11.8 Å². The van der Waals surface area contributed by atoms with Gasteiger partial charge in [0.05, 0.1) is 18.7 Å². The molecule has 0 saturated carbocycles. The van der Waals surface area contributed by atoms with Gasteiger partial charge in [-0.1, -0.05) is 26.8 Å². The molecule has 0 fully saturated rings. The van der Waals surface area contributed by atoms with Gasteiger partial charge in [0.2, 0.25) is 0 Å². The van der Waals surface area contributed by atoms with E-state index in [9.17, 15) is 23.1 Å². The van der Waals surface area contributed by atoms with Crippen molar-refractivity contribution >= 4 is 11.6 Å². The summed E-state index contributed by atoms with van der Waals surface area (Å²) in [6, 6.07) is 2.75. The van der Waals surface area contributed by atoms with Crippen molar-refractivity contribution in [2.75, 3.05) is 6.61 Å². The average Bonchev–Trinajstić information content (AvgIpc) is 2.58. The number of aliphatic hydroxyl groups excluding tert-OH is 1. The van der Waals surface area contributed by atoms with Crippen LogP contribution in [-0.2, 0) is 11.0 Å². The van der Waals surface area contributed by atoms with E-state index < -0.39 is 41.5 Å². The number of carbonyl (C=O) groups is 1. The summed E-state index contributed by atoms with van der Waals surface area (Å²) >= 11 is 0. The molecule has 1 amide bonds. The van der Waals surface area contributed by atoms with Crippen molar-refractivity contribution in [2.45, 2.75) is 52.4 Å². The predicted molar refractivity (Wildman–Crippen MR) is 90.9 cm³/mol. The van der Waals surface area contributed by atoms with Crippen LogP contribution in [0.5, 0.6) is 5.75 Å². The van der Waals surface area contributed by atoms with Crippen molar-refractivity contribution in [3.8, 4) is 5.75 Å². The van der Waals surface area contributed by atoms with Crippen LogP contribution in [0.25, 0.3) is 4.85 Å². The minimum atomic E-state index is -4.72. The van der Waals surface area contributed by atoms with Crippen LogP contribution in [0, 0.1) is 12.0 Å².